The summed E-state index contributed by atoms with van der Waals surface area (Å²) in [6, 6.07) is 9.95. The van der Waals surface area contributed by atoms with Crippen LogP contribution in [0.1, 0.15) is 36.7 Å². The molecule has 0 saturated heterocycles. The monoisotopic (exact) mass is 413 g/mol. The van der Waals surface area contributed by atoms with Crippen LogP contribution in [0.5, 0.6) is 0 Å². The van der Waals surface area contributed by atoms with Crippen LogP contribution in [0.4, 0.5) is 23.7 Å². The van der Waals surface area contributed by atoms with Crippen LogP contribution < -0.4 is 10.7 Å². The lowest BCUT2D eigenvalue weighted by Gasteiger charge is -2.35. The third kappa shape index (κ3) is 5.39. The molecule has 0 aliphatic rings. The van der Waals surface area contributed by atoms with Crippen molar-refractivity contribution in [1.82, 2.24) is 10.4 Å². The van der Waals surface area contributed by atoms with Gasteiger partial charge in [0.05, 0.1) is 21.8 Å². The molecule has 0 saturated carbocycles. The quantitative estimate of drug-likeness (QED) is 0.653. The first-order valence-electron chi connectivity index (χ1n) is 8.23. The topological polar surface area (TPSA) is 61.4 Å². The van der Waals surface area contributed by atoms with Crippen molar-refractivity contribution in [1.29, 1.82) is 0 Å². The van der Waals surface area contributed by atoms with E-state index >= 15 is 0 Å². The second-order valence-electron chi connectivity index (χ2n) is 6.94. The molecule has 0 aliphatic carbocycles. The highest BCUT2D eigenvalue weighted by molar-refractivity contribution is 6.33. The van der Waals surface area contributed by atoms with Crippen LogP contribution in [0.15, 0.2) is 48.5 Å². The number of urea groups is 1. The molecule has 150 valence electrons. The third-order valence-electron chi connectivity index (χ3n) is 3.65. The number of benzene rings is 2. The Morgan fingerprint density at radius 2 is 1.61 bits per heavy atom. The fourth-order valence-corrected chi connectivity index (χ4v) is 2.45. The van der Waals surface area contributed by atoms with Crippen molar-refractivity contribution in [3.8, 4) is 0 Å². The fourth-order valence-electron chi connectivity index (χ4n) is 2.28. The molecule has 0 bridgehead atoms. The first-order chi connectivity index (χ1) is 12.9. The lowest BCUT2D eigenvalue weighted by Crippen LogP contribution is -2.56. The number of alkyl halides is 3. The van der Waals surface area contributed by atoms with E-state index in [9.17, 15) is 22.8 Å². The predicted octanol–water partition coefficient (Wildman–Crippen LogP) is 5.34. The van der Waals surface area contributed by atoms with E-state index in [1.165, 1.54) is 0 Å². The van der Waals surface area contributed by atoms with Gasteiger partial charge in [-0.2, -0.15) is 13.2 Å². The molecule has 0 aromatic heterocycles. The summed E-state index contributed by atoms with van der Waals surface area (Å²) >= 11 is 5.88. The Hall–Kier alpha value is -2.74. The fraction of sp³-hybridized carbons (Fsp3) is 0.263. The first kappa shape index (κ1) is 21.6. The number of hydrazine groups is 1. The zero-order valence-corrected chi connectivity index (χ0v) is 16.2. The van der Waals surface area contributed by atoms with Crippen LogP contribution in [0.25, 0.3) is 0 Å². The minimum absolute atomic E-state index is 0.0696. The number of hydrogen-bond acceptors (Lipinski definition) is 2. The Morgan fingerprint density at radius 3 is 2.14 bits per heavy atom. The van der Waals surface area contributed by atoms with Crippen molar-refractivity contribution in [2.24, 2.45) is 0 Å². The smallest absolute Gasteiger partial charge is 0.305 e. The number of nitrogens with zero attached hydrogens (tertiary/aromatic N) is 1. The zero-order valence-electron chi connectivity index (χ0n) is 15.4. The van der Waals surface area contributed by atoms with E-state index in [1.54, 1.807) is 51.1 Å². The average molecular weight is 414 g/mol. The number of carbonyl (C=O) groups is 2. The van der Waals surface area contributed by atoms with E-state index in [4.69, 9.17) is 11.6 Å². The van der Waals surface area contributed by atoms with Gasteiger partial charge in [0.1, 0.15) is 0 Å². The van der Waals surface area contributed by atoms with Crippen molar-refractivity contribution < 1.29 is 22.8 Å². The number of hydrogen-bond donors (Lipinski definition) is 2. The zero-order chi connectivity index (χ0) is 21.1. The number of carbonyl (C=O) groups excluding carboxylic acids is 2. The normalized spacial score (nSPS) is 11.7. The molecular weight excluding hydrogens is 395 g/mol. The highest BCUT2D eigenvalue weighted by Crippen LogP contribution is 2.33. The summed E-state index contributed by atoms with van der Waals surface area (Å²) < 4.78 is 38.6. The number of rotatable bonds is 2. The molecule has 9 heteroatoms. The molecule has 2 rings (SSSR count). The SMILES string of the molecule is CC(C)(C)N(NC(=O)Nc1cc(C(F)(F)F)ccc1Cl)C(=O)c1ccccc1. The Kier molecular flexibility index (Phi) is 6.23. The molecular formula is C19H19ClF3N3O2. The minimum atomic E-state index is -4.59. The Labute approximate surface area is 165 Å². The van der Waals surface area contributed by atoms with Crippen LogP contribution in [0, 0.1) is 0 Å². The molecule has 0 heterocycles. The molecule has 0 unspecified atom stereocenters. The number of nitrogens with one attached hydrogen (secondary N) is 2. The molecule has 0 fully saturated rings. The van der Waals surface area contributed by atoms with Gasteiger partial charge in [-0.05, 0) is 51.1 Å². The van der Waals surface area contributed by atoms with Crippen molar-refractivity contribution in [3.63, 3.8) is 0 Å². The lowest BCUT2D eigenvalue weighted by molar-refractivity contribution is -0.137. The molecule has 0 radical (unpaired) electrons. The molecule has 2 N–H and O–H groups in total. The molecule has 0 spiro atoms. The van der Waals surface area contributed by atoms with E-state index in [0.29, 0.717) is 5.56 Å². The summed E-state index contributed by atoms with van der Waals surface area (Å²) in [7, 11) is 0. The number of amides is 3. The number of anilines is 1. The van der Waals surface area contributed by atoms with Crippen LogP contribution in [0.2, 0.25) is 5.02 Å². The maximum absolute atomic E-state index is 12.9. The van der Waals surface area contributed by atoms with E-state index in [0.717, 1.165) is 23.2 Å². The van der Waals surface area contributed by atoms with Crippen LogP contribution in [0.3, 0.4) is 0 Å². The van der Waals surface area contributed by atoms with E-state index in [1.807, 2.05) is 0 Å². The largest absolute Gasteiger partial charge is 0.416 e. The molecule has 0 aliphatic heterocycles. The molecule has 28 heavy (non-hydrogen) atoms. The molecule has 5 nitrogen and oxygen atoms in total. The maximum atomic E-state index is 12.9. The minimum Gasteiger partial charge on any atom is -0.305 e. The van der Waals surface area contributed by atoms with Crippen LogP contribution >= 0.6 is 11.6 Å². The highest BCUT2D eigenvalue weighted by Gasteiger charge is 2.32. The predicted molar refractivity (Wildman–Crippen MR) is 101 cm³/mol. The molecule has 3 amide bonds. The van der Waals surface area contributed by atoms with Gasteiger partial charge in [-0.3, -0.25) is 4.79 Å². The molecule has 2 aromatic carbocycles. The van der Waals surface area contributed by atoms with Gasteiger partial charge in [-0.15, -0.1) is 0 Å². The maximum Gasteiger partial charge on any atom is 0.416 e. The summed E-state index contributed by atoms with van der Waals surface area (Å²) in [6.45, 7) is 5.10. The van der Waals surface area contributed by atoms with Crippen LogP contribution in [-0.4, -0.2) is 22.5 Å². The summed E-state index contributed by atoms with van der Waals surface area (Å²) in [5.74, 6) is -0.474. The standard InChI is InChI=1S/C19H19ClF3N3O2/c1-18(2,3)26(16(27)12-7-5-4-6-8-12)25-17(28)24-15-11-13(19(21,22)23)9-10-14(15)20/h4-11H,1-3H3,(H2,24,25,28). The van der Waals surface area contributed by atoms with E-state index in [2.05, 4.69) is 10.7 Å². The van der Waals surface area contributed by atoms with Gasteiger partial charge in [-0.1, -0.05) is 29.8 Å². The van der Waals surface area contributed by atoms with Gasteiger partial charge in [0.15, 0.2) is 0 Å². The third-order valence-corrected chi connectivity index (χ3v) is 3.98. The summed E-state index contributed by atoms with van der Waals surface area (Å²) in [5.41, 5.74) is 0.737. The first-order valence-corrected chi connectivity index (χ1v) is 8.61. The van der Waals surface area contributed by atoms with Crippen molar-refractivity contribution in [2.45, 2.75) is 32.5 Å². The Morgan fingerprint density at radius 1 is 1.00 bits per heavy atom. The number of halogens is 4. The summed E-state index contributed by atoms with van der Waals surface area (Å²) in [4.78, 5) is 25.1. The molecule has 2 aromatic rings. The Bertz CT molecular complexity index is 865. The van der Waals surface area contributed by atoms with Gasteiger partial charge >= 0.3 is 12.2 Å². The summed E-state index contributed by atoms with van der Waals surface area (Å²) in [5, 5.41) is 3.28. The second-order valence-corrected chi connectivity index (χ2v) is 7.34. The van der Waals surface area contributed by atoms with Crippen LogP contribution in [-0.2, 0) is 6.18 Å². The Balaban J connectivity index is 2.22. The van der Waals surface area contributed by atoms with E-state index in [-0.39, 0.29) is 10.7 Å². The highest BCUT2D eigenvalue weighted by atomic mass is 35.5. The summed E-state index contributed by atoms with van der Waals surface area (Å²) in [6.07, 6.45) is -4.59. The van der Waals surface area contributed by atoms with Gasteiger partial charge in [-0.25, -0.2) is 15.2 Å². The van der Waals surface area contributed by atoms with Gasteiger partial charge in [0.2, 0.25) is 0 Å². The van der Waals surface area contributed by atoms with Crippen molar-refractivity contribution in [3.05, 3.63) is 64.7 Å². The van der Waals surface area contributed by atoms with Crippen molar-refractivity contribution >= 4 is 29.2 Å². The van der Waals surface area contributed by atoms with E-state index < -0.39 is 29.2 Å². The second kappa shape index (κ2) is 8.10. The van der Waals surface area contributed by atoms with Gasteiger partial charge in [0.25, 0.3) is 5.91 Å². The lowest BCUT2D eigenvalue weighted by atomic mass is 10.1. The van der Waals surface area contributed by atoms with Gasteiger partial charge in [0, 0.05) is 5.56 Å². The van der Waals surface area contributed by atoms with Crippen molar-refractivity contribution in [2.75, 3.05) is 5.32 Å². The molecule has 0 atom stereocenters. The average Bonchev–Trinajstić information content (AvgIpc) is 2.60. The van der Waals surface area contributed by atoms with Gasteiger partial charge < -0.3 is 5.32 Å².